The third kappa shape index (κ3) is 4.65. The number of nitrogens with zero attached hydrogens (tertiary/aromatic N) is 6. The predicted octanol–water partition coefficient (Wildman–Crippen LogP) is 4.59. The summed E-state index contributed by atoms with van der Waals surface area (Å²) in [6.45, 7) is 7.45. The van der Waals surface area contributed by atoms with Crippen molar-refractivity contribution in [1.29, 1.82) is 0 Å². The molecule has 34 heavy (non-hydrogen) atoms. The van der Waals surface area contributed by atoms with Crippen molar-refractivity contribution in [3.05, 3.63) is 87.1 Å². The van der Waals surface area contributed by atoms with Gasteiger partial charge >= 0.3 is 0 Å². The Labute approximate surface area is 200 Å². The van der Waals surface area contributed by atoms with Gasteiger partial charge in [0.05, 0.1) is 23.3 Å². The maximum atomic E-state index is 13.8. The Bertz CT molecular complexity index is 1420. The summed E-state index contributed by atoms with van der Waals surface area (Å²) in [7, 11) is 0. The Morgan fingerprint density at radius 3 is 2.65 bits per heavy atom. The molecule has 0 amide bonds. The topological polar surface area (TPSA) is 95.7 Å². The summed E-state index contributed by atoms with van der Waals surface area (Å²) in [4.78, 5) is 34.1. The van der Waals surface area contributed by atoms with Crippen LogP contribution in [0.15, 0.2) is 47.9 Å². The summed E-state index contributed by atoms with van der Waals surface area (Å²) in [5.41, 5.74) is 2.83. The number of aryl methyl sites for hydroxylation is 2. The van der Waals surface area contributed by atoms with Crippen LogP contribution in [-0.4, -0.2) is 29.5 Å². The van der Waals surface area contributed by atoms with Crippen LogP contribution in [0.4, 0.5) is 4.39 Å². The predicted molar refractivity (Wildman–Crippen MR) is 126 cm³/mol. The Kier molecular flexibility index (Phi) is 6.65. The van der Waals surface area contributed by atoms with E-state index in [9.17, 15) is 9.18 Å². The molecule has 4 aromatic rings. The minimum absolute atomic E-state index is 0.0631. The van der Waals surface area contributed by atoms with Gasteiger partial charge in [0, 0.05) is 30.1 Å². The molecule has 0 aliphatic rings. The lowest BCUT2D eigenvalue weighted by Gasteiger charge is -2.17. The molecule has 0 atom stereocenters. The third-order valence-electron chi connectivity index (χ3n) is 5.18. The molecule has 0 fully saturated rings. The monoisotopic (exact) mass is 480 g/mol. The molecule has 0 aromatic carbocycles. The van der Waals surface area contributed by atoms with Crippen molar-refractivity contribution in [2.75, 3.05) is 0 Å². The normalized spacial score (nSPS) is 11.1. The van der Waals surface area contributed by atoms with Crippen LogP contribution in [0.3, 0.4) is 0 Å². The van der Waals surface area contributed by atoms with Crippen molar-refractivity contribution in [3.8, 4) is 22.8 Å². The number of pyridine rings is 2. The summed E-state index contributed by atoms with van der Waals surface area (Å²) in [5, 5.41) is -0.123. The number of hydrogen-bond acceptors (Lipinski definition) is 7. The first-order chi connectivity index (χ1) is 16.3. The highest BCUT2D eigenvalue weighted by Crippen LogP contribution is 2.27. The molecule has 0 radical (unpaired) electrons. The molecule has 0 unspecified atom stereocenters. The molecule has 0 saturated heterocycles. The van der Waals surface area contributed by atoms with Gasteiger partial charge in [-0.25, -0.2) is 24.3 Å². The average molecular weight is 481 g/mol. The van der Waals surface area contributed by atoms with Crippen LogP contribution in [0.1, 0.15) is 42.5 Å². The zero-order valence-corrected chi connectivity index (χ0v) is 19.8. The molecule has 174 valence electrons. The Morgan fingerprint density at radius 2 is 1.91 bits per heavy atom. The van der Waals surface area contributed by atoms with Crippen molar-refractivity contribution < 1.29 is 9.13 Å². The largest absolute Gasteiger partial charge is 0.485 e. The van der Waals surface area contributed by atoms with Crippen LogP contribution in [0.25, 0.3) is 17.1 Å². The molecule has 0 spiro atoms. The lowest BCUT2D eigenvalue weighted by atomic mass is 10.1. The molecule has 0 N–H and O–H groups in total. The van der Waals surface area contributed by atoms with E-state index in [0.717, 1.165) is 11.8 Å². The smallest absolute Gasteiger partial charge is 0.277 e. The van der Waals surface area contributed by atoms with E-state index in [2.05, 4.69) is 24.9 Å². The maximum absolute atomic E-state index is 13.8. The van der Waals surface area contributed by atoms with Gasteiger partial charge in [0.15, 0.2) is 5.82 Å². The van der Waals surface area contributed by atoms with Gasteiger partial charge in [-0.3, -0.25) is 14.3 Å². The first-order valence-electron chi connectivity index (χ1n) is 10.6. The first kappa shape index (κ1) is 23.4. The molecule has 0 bridgehead atoms. The summed E-state index contributed by atoms with van der Waals surface area (Å²) in [6.07, 6.45) is 5.64. The van der Waals surface area contributed by atoms with Crippen LogP contribution in [0.5, 0.6) is 5.75 Å². The zero-order chi connectivity index (χ0) is 24.4. The fourth-order valence-electron chi connectivity index (χ4n) is 3.36. The highest BCUT2D eigenvalue weighted by atomic mass is 35.5. The summed E-state index contributed by atoms with van der Waals surface area (Å²) in [5.74, 6) is 0.410. The van der Waals surface area contributed by atoms with E-state index in [4.69, 9.17) is 16.3 Å². The number of aromatic nitrogens is 6. The van der Waals surface area contributed by atoms with Crippen LogP contribution >= 0.6 is 11.6 Å². The lowest BCUT2D eigenvalue weighted by Crippen LogP contribution is -2.23. The molecule has 4 aromatic heterocycles. The van der Waals surface area contributed by atoms with E-state index in [1.807, 2.05) is 20.8 Å². The van der Waals surface area contributed by atoms with Crippen molar-refractivity contribution >= 4 is 11.6 Å². The fourth-order valence-corrected chi connectivity index (χ4v) is 3.56. The molecule has 0 aliphatic carbocycles. The van der Waals surface area contributed by atoms with Crippen LogP contribution < -0.4 is 10.3 Å². The van der Waals surface area contributed by atoms with E-state index >= 15 is 0 Å². The minimum Gasteiger partial charge on any atom is -0.485 e. The van der Waals surface area contributed by atoms with Crippen molar-refractivity contribution in [2.45, 2.75) is 40.2 Å². The van der Waals surface area contributed by atoms with Gasteiger partial charge in [0.25, 0.3) is 5.56 Å². The van der Waals surface area contributed by atoms with Crippen molar-refractivity contribution in [3.63, 3.8) is 0 Å². The van der Waals surface area contributed by atoms with E-state index < -0.39 is 11.4 Å². The van der Waals surface area contributed by atoms with Crippen molar-refractivity contribution in [2.24, 2.45) is 0 Å². The van der Waals surface area contributed by atoms with Gasteiger partial charge in [0.2, 0.25) is 0 Å². The lowest BCUT2D eigenvalue weighted by molar-refractivity contribution is 0.292. The molecule has 4 heterocycles. The maximum Gasteiger partial charge on any atom is 0.277 e. The van der Waals surface area contributed by atoms with Crippen LogP contribution in [0.2, 0.25) is 5.02 Å². The Balaban J connectivity index is 1.73. The standard InChI is InChI=1S/C24H22ClFN6O2/c1-13(2)23-28-6-5-17(31-23)18-8-20(14(3)9-29-18)32-15(4)7-21(22(25)24(32)33)34-11-19-16(26)10-27-12-30-19/h5-10,12-13H,11H2,1-4H3. The SMILES string of the molecule is Cc1cnc(-c2ccnc(C(C)C)n2)cc1-n1c(C)cc(OCc2ncncc2F)c(Cl)c1=O. The summed E-state index contributed by atoms with van der Waals surface area (Å²) < 4.78 is 20.9. The van der Waals surface area contributed by atoms with E-state index in [1.165, 1.54) is 10.9 Å². The van der Waals surface area contributed by atoms with Crippen LogP contribution in [-0.2, 0) is 6.61 Å². The molecule has 0 saturated carbocycles. The number of rotatable bonds is 6. The number of halogens is 2. The summed E-state index contributed by atoms with van der Waals surface area (Å²) >= 11 is 6.37. The highest BCUT2D eigenvalue weighted by molar-refractivity contribution is 6.31. The zero-order valence-electron chi connectivity index (χ0n) is 19.1. The van der Waals surface area contributed by atoms with Crippen LogP contribution in [0, 0.1) is 19.7 Å². The number of hydrogen-bond donors (Lipinski definition) is 0. The molecular formula is C24H22ClFN6O2. The van der Waals surface area contributed by atoms with Gasteiger partial charge in [-0.15, -0.1) is 0 Å². The van der Waals surface area contributed by atoms with Gasteiger partial charge in [-0.2, -0.15) is 0 Å². The van der Waals surface area contributed by atoms with E-state index in [-0.39, 0.29) is 29.0 Å². The highest BCUT2D eigenvalue weighted by Gasteiger charge is 2.17. The molecule has 10 heteroatoms. The minimum atomic E-state index is -0.603. The van der Waals surface area contributed by atoms with Gasteiger partial charge in [0.1, 0.15) is 35.2 Å². The molecule has 4 rings (SSSR count). The second-order valence-corrected chi connectivity index (χ2v) is 8.40. The second kappa shape index (κ2) is 9.64. The Morgan fingerprint density at radius 1 is 1.12 bits per heavy atom. The van der Waals surface area contributed by atoms with Gasteiger partial charge < -0.3 is 4.74 Å². The first-order valence-corrected chi connectivity index (χ1v) is 10.9. The van der Waals surface area contributed by atoms with E-state index in [0.29, 0.717) is 28.6 Å². The third-order valence-corrected chi connectivity index (χ3v) is 5.52. The Hall–Kier alpha value is -3.72. The van der Waals surface area contributed by atoms with Gasteiger partial charge in [-0.05, 0) is 31.5 Å². The quantitative estimate of drug-likeness (QED) is 0.398. The second-order valence-electron chi connectivity index (χ2n) is 8.02. The molecule has 8 nitrogen and oxygen atoms in total. The number of ether oxygens (including phenoxy) is 1. The van der Waals surface area contributed by atoms with Crippen molar-refractivity contribution in [1.82, 2.24) is 29.5 Å². The average Bonchev–Trinajstić information content (AvgIpc) is 2.82. The molecule has 0 aliphatic heterocycles. The fraction of sp³-hybridized carbons (Fsp3) is 0.250. The molecular weight excluding hydrogens is 459 g/mol. The van der Waals surface area contributed by atoms with Gasteiger partial charge in [-0.1, -0.05) is 25.4 Å². The van der Waals surface area contributed by atoms with E-state index in [1.54, 1.807) is 37.5 Å². The summed E-state index contributed by atoms with van der Waals surface area (Å²) in [6, 6.07) is 5.20.